The molecule has 1 heterocycles. The molecule has 19 heavy (non-hydrogen) atoms. The number of carboxylic acids is 1. The van der Waals surface area contributed by atoms with E-state index in [-0.39, 0.29) is 11.9 Å². The Morgan fingerprint density at radius 1 is 1.53 bits per heavy atom. The molecular formula is C12H19N3O3S. The monoisotopic (exact) mass is 285 g/mol. The van der Waals surface area contributed by atoms with Crippen molar-refractivity contribution in [3.8, 4) is 0 Å². The van der Waals surface area contributed by atoms with E-state index in [9.17, 15) is 4.79 Å². The van der Waals surface area contributed by atoms with Crippen LogP contribution in [0.3, 0.4) is 0 Å². The van der Waals surface area contributed by atoms with Crippen LogP contribution in [0, 0.1) is 0 Å². The van der Waals surface area contributed by atoms with E-state index in [1.54, 1.807) is 0 Å². The second-order valence-corrected chi connectivity index (χ2v) is 5.81. The number of hydrogen-bond acceptors (Lipinski definition) is 5. The standard InChI is InChI=1S/C12H19N3O3S/c1-8(2)18-6-5-15-11(9-3-4-9)13-14-12(15)19-7-10(16)17/h8-9H,3-7H2,1-2H3,(H,16,17). The molecule has 1 aromatic heterocycles. The lowest BCUT2D eigenvalue weighted by molar-refractivity contribution is -0.133. The van der Waals surface area contributed by atoms with E-state index in [0.29, 0.717) is 24.2 Å². The quantitative estimate of drug-likeness (QED) is 0.733. The van der Waals surface area contributed by atoms with E-state index >= 15 is 0 Å². The first kappa shape index (κ1) is 14.3. The third kappa shape index (κ3) is 4.21. The summed E-state index contributed by atoms with van der Waals surface area (Å²) in [5, 5.41) is 17.7. The number of aromatic nitrogens is 3. The lowest BCUT2D eigenvalue weighted by Crippen LogP contribution is -2.13. The summed E-state index contributed by atoms with van der Waals surface area (Å²) in [6, 6.07) is 0. The molecule has 1 N–H and O–H groups in total. The van der Waals surface area contributed by atoms with Crippen molar-refractivity contribution in [1.82, 2.24) is 14.8 Å². The molecular weight excluding hydrogens is 266 g/mol. The fourth-order valence-electron chi connectivity index (χ4n) is 1.77. The van der Waals surface area contributed by atoms with Crippen LogP contribution in [0.15, 0.2) is 5.16 Å². The molecule has 0 aromatic carbocycles. The molecule has 0 atom stereocenters. The second-order valence-electron chi connectivity index (χ2n) is 4.87. The Bertz CT molecular complexity index is 443. The first-order valence-electron chi connectivity index (χ1n) is 6.47. The second kappa shape index (κ2) is 6.38. The van der Waals surface area contributed by atoms with Gasteiger partial charge >= 0.3 is 5.97 Å². The zero-order valence-electron chi connectivity index (χ0n) is 11.2. The predicted molar refractivity (Wildman–Crippen MR) is 71.4 cm³/mol. The van der Waals surface area contributed by atoms with Gasteiger partial charge in [0.2, 0.25) is 0 Å². The molecule has 106 valence electrons. The molecule has 1 aromatic rings. The van der Waals surface area contributed by atoms with Crippen LogP contribution in [0.1, 0.15) is 38.4 Å². The smallest absolute Gasteiger partial charge is 0.313 e. The topological polar surface area (TPSA) is 77.2 Å². The highest BCUT2D eigenvalue weighted by Gasteiger charge is 2.30. The highest BCUT2D eigenvalue weighted by molar-refractivity contribution is 7.99. The van der Waals surface area contributed by atoms with Gasteiger partial charge < -0.3 is 14.4 Å². The highest BCUT2D eigenvalue weighted by atomic mass is 32.2. The molecule has 6 nitrogen and oxygen atoms in total. The molecule has 1 aliphatic carbocycles. The Balaban J connectivity index is 2.02. The average Bonchev–Trinajstić information content (AvgIpc) is 3.09. The van der Waals surface area contributed by atoms with Crippen molar-refractivity contribution in [2.45, 2.75) is 50.4 Å². The summed E-state index contributed by atoms with van der Waals surface area (Å²) >= 11 is 1.21. The summed E-state index contributed by atoms with van der Waals surface area (Å²) in [7, 11) is 0. The third-order valence-electron chi connectivity index (χ3n) is 2.78. The number of carboxylic acid groups (broad SMARTS) is 1. The van der Waals surface area contributed by atoms with E-state index in [1.807, 2.05) is 18.4 Å². The molecule has 0 bridgehead atoms. The van der Waals surface area contributed by atoms with Crippen molar-refractivity contribution >= 4 is 17.7 Å². The number of hydrogen-bond donors (Lipinski definition) is 1. The fourth-order valence-corrected chi connectivity index (χ4v) is 2.46. The highest BCUT2D eigenvalue weighted by Crippen LogP contribution is 2.39. The number of ether oxygens (including phenoxy) is 1. The Morgan fingerprint density at radius 2 is 2.26 bits per heavy atom. The summed E-state index contributed by atoms with van der Waals surface area (Å²) in [4.78, 5) is 10.6. The van der Waals surface area contributed by atoms with Gasteiger partial charge in [-0.05, 0) is 26.7 Å². The van der Waals surface area contributed by atoms with Crippen LogP contribution in [-0.2, 0) is 16.1 Å². The van der Waals surface area contributed by atoms with Crippen molar-refractivity contribution in [3.63, 3.8) is 0 Å². The molecule has 0 radical (unpaired) electrons. The molecule has 0 saturated heterocycles. The van der Waals surface area contributed by atoms with Crippen LogP contribution < -0.4 is 0 Å². The van der Waals surface area contributed by atoms with Gasteiger partial charge in [-0.1, -0.05) is 11.8 Å². The van der Waals surface area contributed by atoms with Crippen LogP contribution in [0.4, 0.5) is 0 Å². The Kier molecular flexibility index (Phi) is 4.81. The molecule has 7 heteroatoms. The minimum absolute atomic E-state index is 0.00778. The van der Waals surface area contributed by atoms with Crippen molar-refractivity contribution < 1.29 is 14.6 Å². The first-order valence-corrected chi connectivity index (χ1v) is 7.45. The largest absolute Gasteiger partial charge is 0.481 e. The van der Waals surface area contributed by atoms with Gasteiger partial charge in [-0.2, -0.15) is 0 Å². The van der Waals surface area contributed by atoms with Gasteiger partial charge in [0.05, 0.1) is 18.5 Å². The van der Waals surface area contributed by atoms with Crippen molar-refractivity contribution in [2.24, 2.45) is 0 Å². The molecule has 1 fully saturated rings. The van der Waals surface area contributed by atoms with Gasteiger partial charge in [0.15, 0.2) is 5.16 Å². The van der Waals surface area contributed by atoms with Gasteiger partial charge in [0, 0.05) is 12.5 Å². The average molecular weight is 285 g/mol. The normalized spacial score (nSPS) is 15.1. The maximum Gasteiger partial charge on any atom is 0.313 e. The fraction of sp³-hybridized carbons (Fsp3) is 0.750. The Morgan fingerprint density at radius 3 is 2.84 bits per heavy atom. The lowest BCUT2D eigenvalue weighted by atomic mass is 10.4. The molecule has 0 amide bonds. The zero-order chi connectivity index (χ0) is 13.8. The van der Waals surface area contributed by atoms with Gasteiger partial charge in [0.1, 0.15) is 5.82 Å². The zero-order valence-corrected chi connectivity index (χ0v) is 12.0. The maximum atomic E-state index is 10.6. The molecule has 0 aliphatic heterocycles. The van der Waals surface area contributed by atoms with E-state index < -0.39 is 5.97 Å². The number of rotatable bonds is 8. The van der Waals surface area contributed by atoms with Crippen LogP contribution >= 0.6 is 11.8 Å². The minimum Gasteiger partial charge on any atom is -0.481 e. The van der Waals surface area contributed by atoms with Crippen LogP contribution in [-0.4, -0.2) is 44.3 Å². The molecule has 0 spiro atoms. The van der Waals surface area contributed by atoms with Crippen molar-refractivity contribution in [2.75, 3.05) is 12.4 Å². The molecule has 1 saturated carbocycles. The van der Waals surface area contributed by atoms with E-state index in [4.69, 9.17) is 9.84 Å². The lowest BCUT2D eigenvalue weighted by Gasteiger charge is -2.11. The maximum absolute atomic E-state index is 10.6. The Labute approximate surface area is 116 Å². The van der Waals surface area contributed by atoms with Crippen LogP contribution in [0.25, 0.3) is 0 Å². The van der Waals surface area contributed by atoms with E-state index in [1.165, 1.54) is 11.8 Å². The van der Waals surface area contributed by atoms with Gasteiger partial charge in [0.25, 0.3) is 0 Å². The number of nitrogens with zero attached hydrogens (tertiary/aromatic N) is 3. The van der Waals surface area contributed by atoms with Gasteiger partial charge in [-0.25, -0.2) is 0 Å². The number of aliphatic carboxylic acids is 1. The van der Waals surface area contributed by atoms with E-state index in [2.05, 4.69) is 10.2 Å². The van der Waals surface area contributed by atoms with Gasteiger partial charge in [-0.15, -0.1) is 10.2 Å². The summed E-state index contributed by atoms with van der Waals surface area (Å²) in [6.45, 7) is 5.26. The minimum atomic E-state index is -0.842. The molecule has 0 unspecified atom stereocenters. The number of carbonyl (C=O) groups is 1. The predicted octanol–water partition coefficient (Wildman–Crippen LogP) is 1.76. The van der Waals surface area contributed by atoms with Crippen molar-refractivity contribution in [1.29, 1.82) is 0 Å². The SMILES string of the molecule is CC(C)OCCn1c(SCC(=O)O)nnc1C1CC1. The molecule has 2 rings (SSSR count). The van der Waals surface area contributed by atoms with Crippen LogP contribution in [0.5, 0.6) is 0 Å². The Hall–Kier alpha value is -1.08. The first-order chi connectivity index (χ1) is 9.08. The summed E-state index contributed by atoms with van der Waals surface area (Å²) in [5.41, 5.74) is 0. The summed E-state index contributed by atoms with van der Waals surface area (Å²) in [6.07, 6.45) is 2.48. The van der Waals surface area contributed by atoms with Gasteiger partial charge in [-0.3, -0.25) is 4.79 Å². The number of thioether (sulfide) groups is 1. The summed E-state index contributed by atoms with van der Waals surface area (Å²) < 4.78 is 7.56. The third-order valence-corrected chi connectivity index (χ3v) is 3.73. The van der Waals surface area contributed by atoms with Crippen molar-refractivity contribution in [3.05, 3.63) is 5.82 Å². The van der Waals surface area contributed by atoms with E-state index in [0.717, 1.165) is 18.7 Å². The summed E-state index contributed by atoms with van der Waals surface area (Å²) in [5.74, 6) is 0.630. The molecule has 1 aliphatic rings. The van der Waals surface area contributed by atoms with Crippen LogP contribution in [0.2, 0.25) is 0 Å².